The Labute approximate surface area is 124 Å². The van der Waals surface area contributed by atoms with E-state index in [1.165, 1.54) is 0 Å². The van der Waals surface area contributed by atoms with Gasteiger partial charge in [-0.2, -0.15) is 0 Å². The molecule has 0 saturated carbocycles. The fraction of sp³-hybridized carbons (Fsp3) is 0. The van der Waals surface area contributed by atoms with Crippen molar-refractivity contribution in [1.82, 2.24) is 0 Å². The van der Waals surface area contributed by atoms with Crippen LogP contribution in [0.4, 0.5) is 17.1 Å². The summed E-state index contributed by atoms with van der Waals surface area (Å²) in [6, 6.07) is 0.894. The molecular formula is C6H3GdN3O7. The fourth-order valence-electron chi connectivity index (χ4n) is 0.974. The van der Waals surface area contributed by atoms with Crippen LogP contribution < -0.4 is 0 Å². The zero-order chi connectivity index (χ0) is 12.5. The van der Waals surface area contributed by atoms with Crippen LogP contribution in [-0.4, -0.2) is 19.9 Å². The molecule has 11 heteroatoms. The van der Waals surface area contributed by atoms with Crippen molar-refractivity contribution < 1.29 is 59.8 Å². The number of phenols is 1. The summed E-state index contributed by atoms with van der Waals surface area (Å²) in [4.78, 5) is 27.8. The molecule has 17 heavy (non-hydrogen) atoms. The number of nitro groups is 3. The van der Waals surface area contributed by atoms with E-state index in [1.54, 1.807) is 0 Å². The molecule has 0 aliphatic carbocycles. The predicted octanol–water partition coefficient (Wildman–Crippen LogP) is 1.12. The number of nitro benzene ring substituents is 3. The van der Waals surface area contributed by atoms with Gasteiger partial charge < -0.3 is 5.11 Å². The first kappa shape index (κ1) is 15.5. The molecule has 0 atom stereocenters. The number of nitrogens with zero attached hydrogens (tertiary/aromatic N) is 3. The van der Waals surface area contributed by atoms with Gasteiger partial charge in [-0.15, -0.1) is 0 Å². The molecule has 0 aliphatic rings. The summed E-state index contributed by atoms with van der Waals surface area (Å²) in [7, 11) is 0. The molecule has 0 amide bonds. The molecule has 0 bridgehead atoms. The summed E-state index contributed by atoms with van der Waals surface area (Å²) in [6.45, 7) is 0. The molecule has 0 fully saturated rings. The van der Waals surface area contributed by atoms with Gasteiger partial charge in [0.25, 0.3) is 11.4 Å². The monoisotopic (exact) mass is 387 g/mol. The van der Waals surface area contributed by atoms with Gasteiger partial charge in [-0.05, 0) is 0 Å². The summed E-state index contributed by atoms with van der Waals surface area (Å²) in [5.41, 5.74) is -3.00. The van der Waals surface area contributed by atoms with Crippen LogP contribution in [0.2, 0.25) is 0 Å². The molecule has 1 aromatic carbocycles. The molecular weight excluding hydrogens is 383 g/mol. The van der Waals surface area contributed by atoms with Crippen LogP contribution in [0.1, 0.15) is 0 Å². The maximum absolute atomic E-state index is 10.4. The molecule has 0 unspecified atom stereocenters. The predicted molar refractivity (Wildman–Crippen MR) is 48.1 cm³/mol. The van der Waals surface area contributed by atoms with E-state index in [-0.39, 0.29) is 39.9 Å². The molecule has 10 nitrogen and oxygen atoms in total. The number of aromatic hydroxyl groups is 1. The Morgan fingerprint density at radius 1 is 0.882 bits per heavy atom. The van der Waals surface area contributed by atoms with Crippen LogP contribution >= 0.6 is 0 Å². The zero-order valence-electron chi connectivity index (χ0n) is 7.75. The van der Waals surface area contributed by atoms with Gasteiger partial charge in [0.1, 0.15) is 0 Å². The number of rotatable bonds is 3. The van der Waals surface area contributed by atoms with Crippen molar-refractivity contribution in [3.63, 3.8) is 0 Å². The van der Waals surface area contributed by atoms with Crippen molar-refractivity contribution in [2.24, 2.45) is 0 Å². The van der Waals surface area contributed by atoms with Crippen molar-refractivity contribution in [2.45, 2.75) is 0 Å². The topological polar surface area (TPSA) is 150 Å². The smallest absolute Gasteiger partial charge is 0.324 e. The first-order chi connectivity index (χ1) is 7.34. The number of benzene rings is 1. The first-order valence-corrected chi connectivity index (χ1v) is 3.64. The van der Waals surface area contributed by atoms with Gasteiger partial charge in [0.15, 0.2) is 0 Å². The average molecular weight is 386 g/mol. The molecule has 1 aromatic rings. The van der Waals surface area contributed by atoms with Crippen molar-refractivity contribution in [3.05, 3.63) is 42.5 Å². The van der Waals surface area contributed by atoms with Gasteiger partial charge in [-0.25, -0.2) is 0 Å². The van der Waals surface area contributed by atoms with E-state index in [4.69, 9.17) is 5.11 Å². The van der Waals surface area contributed by atoms with Crippen molar-refractivity contribution in [1.29, 1.82) is 0 Å². The van der Waals surface area contributed by atoms with Crippen LogP contribution in [0.3, 0.4) is 0 Å². The van der Waals surface area contributed by atoms with Gasteiger partial charge >= 0.3 is 11.4 Å². The van der Waals surface area contributed by atoms with Gasteiger partial charge in [-0.3, -0.25) is 30.3 Å². The Hall–Kier alpha value is -1.46. The standard InChI is InChI=1S/C6H3N3O7.Gd/c10-6-4(8(13)14)1-3(7(11)12)2-5(6)9(15)16;/h1-2,10H;. The van der Waals surface area contributed by atoms with E-state index in [0.717, 1.165) is 0 Å². The maximum atomic E-state index is 10.4. The SMILES string of the molecule is O=[N+]([O-])c1cc([N+](=O)[O-])c(O)c([N+](=O)[O-])c1.[Gd]. The van der Waals surface area contributed by atoms with E-state index in [2.05, 4.69) is 0 Å². The summed E-state index contributed by atoms with van der Waals surface area (Å²) in [5.74, 6) is -1.21. The average Bonchev–Trinajstić information content (AvgIpc) is 2.16. The quantitative estimate of drug-likeness (QED) is 0.604. The molecule has 0 saturated heterocycles. The second kappa shape index (κ2) is 5.75. The van der Waals surface area contributed by atoms with Crippen LogP contribution in [0, 0.1) is 70.3 Å². The van der Waals surface area contributed by atoms with Crippen LogP contribution in [-0.2, 0) is 0 Å². The number of hydrogen-bond acceptors (Lipinski definition) is 7. The Morgan fingerprint density at radius 2 is 1.24 bits per heavy atom. The molecule has 0 radical (unpaired) electrons. The summed E-state index contributed by atoms with van der Waals surface area (Å²) < 4.78 is 0. The first-order valence-electron chi connectivity index (χ1n) is 3.64. The van der Waals surface area contributed by atoms with E-state index in [0.29, 0.717) is 12.1 Å². The third-order valence-corrected chi connectivity index (χ3v) is 1.66. The number of hydrogen-bond donors (Lipinski definition) is 1. The van der Waals surface area contributed by atoms with Gasteiger partial charge in [0, 0.05) is 39.9 Å². The van der Waals surface area contributed by atoms with E-state index in [1.807, 2.05) is 0 Å². The minimum absolute atomic E-state index is 0. The molecule has 0 spiro atoms. The Balaban J connectivity index is 0.00000256. The van der Waals surface area contributed by atoms with Gasteiger partial charge in [0.2, 0.25) is 0 Å². The van der Waals surface area contributed by atoms with Crippen molar-refractivity contribution in [3.8, 4) is 5.75 Å². The summed E-state index contributed by atoms with van der Waals surface area (Å²) >= 11 is 0. The largest absolute Gasteiger partial charge is 0.497 e. The van der Waals surface area contributed by atoms with E-state index in [9.17, 15) is 30.3 Å². The molecule has 92 valence electrons. The summed E-state index contributed by atoms with van der Waals surface area (Å²) in [5, 5.41) is 40.2. The van der Waals surface area contributed by atoms with Crippen LogP contribution in [0.15, 0.2) is 12.1 Å². The molecule has 1 N–H and O–H groups in total. The summed E-state index contributed by atoms with van der Waals surface area (Å²) in [6.07, 6.45) is 0. The third kappa shape index (κ3) is 3.25. The Morgan fingerprint density at radius 3 is 1.47 bits per heavy atom. The third-order valence-electron chi connectivity index (χ3n) is 1.66. The van der Waals surface area contributed by atoms with Crippen LogP contribution in [0.5, 0.6) is 5.75 Å². The van der Waals surface area contributed by atoms with Gasteiger partial charge in [0.05, 0.1) is 26.9 Å². The molecule has 1 rings (SSSR count). The van der Waals surface area contributed by atoms with Gasteiger partial charge in [-0.1, -0.05) is 0 Å². The van der Waals surface area contributed by atoms with Crippen molar-refractivity contribution in [2.75, 3.05) is 0 Å². The molecule has 0 aromatic heterocycles. The van der Waals surface area contributed by atoms with E-state index < -0.39 is 37.6 Å². The minimum atomic E-state index is -1.21. The number of phenolic OH excluding ortho intramolecular Hbond substituents is 1. The van der Waals surface area contributed by atoms with Crippen LogP contribution in [0.25, 0.3) is 0 Å². The molecule has 0 aliphatic heterocycles. The normalized spacial score (nSPS) is 9.18. The zero-order valence-corrected chi connectivity index (χ0v) is 10.0. The molecule has 0 heterocycles. The van der Waals surface area contributed by atoms with E-state index >= 15 is 0 Å². The Bertz CT molecular complexity index is 467. The number of non-ortho nitro benzene ring substituents is 1. The van der Waals surface area contributed by atoms with Crippen molar-refractivity contribution >= 4 is 17.1 Å². The second-order valence-corrected chi connectivity index (χ2v) is 2.60. The maximum Gasteiger partial charge on any atom is 0.324 e. The second-order valence-electron chi connectivity index (χ2n) is 2.60. The fourth-order valence-corrected chi connectivity index (χ4v) is 0.974. The Kier molecular flexibility index (Phi) is 5.26. The minimum Gasteiger partial charge on any atom is -0.497 e.